The fourth-order valence-corrected chi connectivity index (χ4v) is 2.34. The van der Waals surface area contributed by atoms with E-state index in [4.69, 9.17) is 0 Å². The van der Waals surface area contributed by atoms with Gasteiger partial charge in [0.05, 0.1) is 0 Å². The number of fused-ring (bicyclic) bond motifs is 1. The Kier molecular flexibility index (Phi) is 3.20. The summed E-state index contributed by atoms with van der Waals surface area (Å²) in [6, 6.07) is 3.83. The average Bonchev–Trinajstić information content (AvgIpc) is 2.43. The van der Waals surface area contributed by atoms with Gasteiger partial charge in [0.1, 0.15) is 5.82 Å². The highest BCUT2D eigenvalue weighted by Crippen LogP contribution is 2.24. The zero-order valence-corrected chi connectivity index (χ0v) is 9.06. The molecule has 0 nitrogen and oxygen atoms in total. The number of benzene rings is 1. The topological polar surface area (TPSA) is 0 Å². The first-order valence-electron chi connectivity index (χ1n) is 5.72. The molecule has 0 spiro atoms. The predicted octanol–water partition coefficient (Wildman–Crippen LogP) is 3.82. The molecule has 0 amide bonds. The second-order valence-corrected chi connectivity index (χ2v) is 4.27. The third kappa shape index (κ3) is 2.28. The second-order valence-electron chi connectivity index (χ2n) is 4.27. The minimum atomic E-state index is -0.00810. The Morgan fingerprint density at radius 3 is 2.80 bits per heavy atom. The van der Waals surface area contributed by atoms with Crippen LogP contribution in [0.3, 0.4) is 0 Å². The van der Waals surface area contributed by atoms with Gasteiger partial charge in [0.25, 0.3) is 0 Å². The van der Waals surface area contributed by atoms with E-state index >= 15 is 0 Å². The van der Waals surface area contributed by atoms with Gasteiger partial charge in [-0.25, -0.2) is 4.39 Å². The molecule has 1 aromatic rings. The first-order chi connectivity index (χ1) is 7.31. The Morgan fingerprint density at radius 2 is 2.00 bits per heavy atom. The molecule has 0 fully saturated rings. The van der Waals surface area contributed by atoms with Crippen molar-refractivity contribution in [3.05, 3.63) is 47.3 Å². The Balaban J connectivity index is 2.39. The molecular formula is C14H17F. The molecule has 0 bridgehead atoms. The van der Waals surface area contributed by atoms with Crippen molar-refractivity contribution in [3.63, 3.8) is 0 Å². The Bertz CT molecular complexity index is 366. The van der Waals surface area contributed by atoms with Gasteiger partial charge >= 0.3 is 0 Å². The number of hydrogen-bond donors (Lipinski definition) is 0. The smallest absolute Gasteiger partial charge is 0.126 e. The molecule has 0 atom stereocenters. The number of rotatable bonds is 2. The normalized spacial score (nSPS) is 15.5. The molecule has 1 heteroatoms. The zero-order chi connectivity index (χ0) is 10.7. The quantitative estimate of drug-likeness (QED) is 0.507. The average molecular weight is 204 g/mol. The third-order valence-corrected chi connectivity index (χ3v) is 3.10. The van der Waals surface area contributed by atoms with E-state index in [0.29, 0.717) is 0 Å². The van der Waals surface area contributed by atoms with Gasteiger partial charge < -0.3 is 0 Å². The van der Waals surface area contributed by atoms with Gasteiger partial charge in [-0.15, -0.1) is 6.58 Å². The lowest BCUT2D eigenvalue weighted by Gasteiger charge is -2.09. The van der Waals surface area contributed by atoms with Crippen LogP contribution in [0, 0.1) is 5.82 Å². The molecule has 1 aliphatic carbocycles. The maximum absolute atomic E-state index is 13.8. The molecule has 1 aliphatic rings. The van der Waals surface area contributed by atoms with Gasteiger partial charge in [-0.05, 0) is 54.9 Å². The molecule has 0 N–H and O–H groups in total. The summed E-state index contributed by atoms with van der Waals surface area (Å²) < 4.78 is 13.8. The third-order valence-electron chi connectivity index (χ3n) is 3.10. The van der Waals surface area contributed by atoms with Crippen molar-refractivity contribution in [3.8, 4) is 0 Å². The van der Waals surface area contributed by atoms with Gasteiger partial charge in [-0.2, -0.15) is 0 Å². The van der Waals surface area contributed by atoms with Gasteiger partial charge in [0.15, 0.2) is 0 Å². The van der Waals surface area contributed by atoms with E-state index in [0.717, 1.165) is 36.8 Å². The fourth-order valence-electron chi connectivity index (χ4n) is 2.34. The minimum absolute atomic E-state index is 0.00810. The second kappa shape index (κ2) is 4.61. The van der Waals surface area contributed by atoms with Crippen molar-refractivity contribution >= 4 is 0 Å². The maximum atomic E-state index is 13.8. The van der Waals surface area contributed by atoms with Crippen LogP contribution in [0.4, 0.5) is 4.39 Å². The SMILES string of the molecule is C=CCc1cc(F)c2c(c1)CCCCC2. The summed E-state index contributed by atoms with van der Waals surface area (Å²) in [5, 5.41) is 0. The standard InChI is InChI=1S/C14H17F/c1-2-6-11-9-12-7-4-3-5-8-13(12)14(15)10-11/h2,9-10H,1,3-8H2. The van der Waals surface area contributed by atoms with Gasteiger partial charge in [-0.1, -0.05) is 18.6 Å². The fraction of sp³-hybridized carbons (Fsp3) is 0.429. The Morgan fingerprint density at radius 1 is 1.20 bits per heavy atom. The molecule has 0 aromatic heterocycles. The van der Waals surface area contributed by atoms with Crippen LogP contribution < -0.4 is 0 Å². The summed E-state index contributed by atoms with van der Waals surface area (Å²) >= 11 is 0. The molecule has 1 aromatic carbocycles. The zero-order valence-electron chi connectivity index (χ0n) is 9.06. The molecule has 0 radical (unpaired) electrons. The lowest BCUT2D eigenvalue weighted by molar-refractivity contribution is 0.602. The summed E-state index contributed by atoms with van der Waals surface area (Å²) in [4.78, 5) is 0. The lowest BCUT2D eigenvalue weighted by atomic mass is 9.98. The Labute approximate surface area is 90.8 Å². The van der Waals surface area contributed by atoms with Crippen LogP contribution in [0.15, 0.2) is 24.8 Å². The van der Waals surface area contributed by atoms with Crippen molar-refractivity contribution in [2.24, 2.45) is 0 Å². The molecule has 80 valence electrons. The minimum Gasteiger partial charge on any atom is -0.207 e. The Hall–Kier alpha value is -1.11. The van der Waals surface area contributed by atoms with Crippen LogP contribution in [-0.4, -0.2) is 0 Å². The predicted molar refractivity (Wildman–Crippen MR) is 61.6 cm³/mol. The molecule has 0 unspecified atom stereocenters. The lowest BCUT2D eigenvalue weighted by Crippen LogP contribution is -1.98. The van der Waals surface area contributed by atoms with Crippen molar-refractivity contribution in [2.75, 3.05) is 0 Å². The van der Waals surface area contributed by atoms with E-state index < -0.39 is 0 Å². The molecule has 0 saturated heterocycles. The van der Waals surface area contributed by atoms with Crippen LogP contribution in [0.5, 0.6) is 0 Å². The van der Waals surface area contributed by atoms with E-state index in [2.05, 4.69) is 12.6 Å². The molecule has 0 heterocycles. The number of aryl methyl sites for hydroxylation is 1. The number of hydrogen-bond acceptors (Lipinski definition) is 0. The van der Waals surface area contributed by atoms with E-state index in [1.54, 1.807) is 6.07 Å². The molecule has 0 saturated carbocycles. The van der Waals surface area contributed by atoms with Gasteiger partial charge in [-0.3, -0.25) is 0 Å². The van der Waals surface area contributed by atoms with Gasteiger partial charge in [0.2, 0.25) is 0 Å². The highest BCUT2D eigenvalue weighted by Gasteiger charge is 2.13. The summed E-state index contributed by atoms with van der Waals surface area (Å²) in [6.45, 7) is 3.69. The van der Waals surface area contributed by atoms with Crippen molar-refractivity contribution in [1.29, 1.82) is 0 Å². The highest BCUT2D eigenvalue weighted by molar-refractivity contribution is 5.35. The maximum Gasteiger partial charge on any atom is 0.126 e. The molecule has 0 aliphatic heterocycles. The van der Waals surface area contributed by atoms with Crippen LogP contribution in [0.25, 0.3) is 0 Å². The summed E-state index contributed by atoms with van der Waals surface area (Å²) in [5.41, 5.74) is 3.24. The van der Waals surface area contributed by atoms with E-state index in [-0.39, 0.29) is 5.82 Å². The number of allylic oxidation sites excluding steroid dienone is 1. The summed E-state index contributed by atoms with van der Waals surface area (Å²) in [5.74, 6) is -0.00810. The first-order valence-corrected chi connectivity index (χ1v) is 5.72. The number of halogens is 1. The largest absolute Gasteiger partial charge is 0.207 e. The summed E-state index contributed by atoms with van der Waals surface area (Å²) in [6.07, 6.45) is 8.11. The highest BCUT2D eigenvalue weighted by atomic mass is 19.1. The van der Waals surface area contributed by atoms with Gasteiger partial charge in [0, 0.05) is 0 Å². The van der Waals surface area contributed by atoms with Crippen molar-refractivity contribution < 1.29 is 4.39 Å². The van der Waals surface area contributed by atoms with E-state index in [1.165, 1.54) is 18.4 Å². The molecule has 2 rings (SSSR count). The van der Waals surface area contributed by atoms with Crippen LogP contribution >= 0.6 is 0 Å². The van der Waals surface area contributed by atoms with Crippen LogP contribution in [0.2, 0.25) is 0 Å². The van der Waals surface area contributed by atoms with Crippen molar-refractivity contribution in [2.45, 2.75) is 38.5 Å². The molecular weight excluding hydrogens is 187 g/mol. The monoisotopic (exact) mass is 204 g/mol. The van der Waals surface area contributed by atoms with Crippen molar-refractivity contribution in [1.82, 2.24) is 0 Å². The summed E-state index contributed by atoms with van der Waals surface area (Å²) in [7, 11) is 0. The molecule has 15 heavy (non-hydrogen) atoms. The van der Waals surface area contributed by atoms with E-state index in [9.17, 15) is 4.39 Å². The van der Waals surface area contributed by atoms with E-state index in [1.807, 2.05) is 6.08 Å². The van der Waals surface area contributed by atoms with Crippen LogP contribution in [-0.2, 0) is 19.3 Å². The van der Waals surface area contributed by atoms with Crippen LogP contribution in [0.1, 0.15) is 36.0 Å². The first kappa shape index (κ1) is 10.4.